The second kappa shape index (κ2) is 9.89. The second-order valence-electron chi connectivity index (χ2n) is 6.14. The Labute approximate surface area is 176 Å². The first-order chi connectivity index (χ1) is 14.4. The summed E-state index contributed by atoms with van der Waals surface area (Å²) in [6.07, 6.45) is 2.52. The molecule has 0 amide bonds. The van der Waals surface area contributed by atoms with Crippen molar-refractivity contribution in [2.75, 3.05) is 6.61 Å². The van der Waals surface area contributed by atoms with Crippen LogP contribution in [0.1, 0.15) is 19.0 Å². The van der Waals surface area contributed by atoms with Gasteiger partial charge in [-0.15, -0.1) is 0 Å². The lowest BCUT2D eigenvalue weighted by Crippen LogP contribution is -2.13. The first-order valence-corrected chi connectivity index (χ1v) is 9.41. The fraction of sp³-hybridized carbons (Fsp3) is 0.190. The highest BCUT2D eigenvalue weighted by atomic mass is 35.5. The van der Waals surface area contributed by atoms with Crippen molar-refractivity contribution >= 4 is 23.4 Å². The van der Waals surface area contributed by atoms with E-state index in [1.54, 1.807) is 37.3 Å². The third kappa shape index (κ3) is 5.81. The molecule has 2 heterocycles. The van der Waals surface area contributed by atoms with Gasteiger partial charge >= 0.3 is 5.97 Å². The predicted octanol–water partition coefficient (Wildman–Crippen LogP) is 4.19. The lowest BCUT2D eigenvalue weighted by Gasteiger charge is -2.07. The van der Waals surface area contributed by atoms with Crippen LogP contribution in [0.15, 0.2) is 48.8 Å². The van der Waals surface area contributed by atoms with E-state index in [0.29, 0.717) is 22.8 Å². The van der Waals surface area contributed by atoms with Gasteiger partial charge in [0.2, 0.25) is 0 Å². The van der Waals surface area contributed by atoms with Gasteiger partial charge in [-0.05, 0) is 43.3 Å². The zero-order valence-corrected chi connectivity index (χ0v) is 16.7. The summed E-state index contributed by atoms with van der Waals surface area (Å²) in [5.74, 6) is -0.939. The summed E-state index contributed by atoms with van der Waals surface area (Å²) < 4.78 is 24.0. The van der Waals surface area contributed by atoms with Crippen LogP contribution >= 0.6 is 11.6 Å². The van der Waals surface area contributed by atoms with E-state index >= 15 is 0 Å². The number of nitrogens with zero attached hydrogens (tertiary/aromatic N) is 3. The minimum atomic E-state index is -0.671. The molecule has 0 spiro atoms. The average molecular weight is 430 g/mol. The number of halogens is 2. The molecule has 30 heavy (non-hydrogen) atoms. The van der Waals surface area contributed by atoms with Crippen LogP contribution in [0.25, 0.3) is 11.4 Å². The number of ether oxygens (including phenoxy) is 2. The summed E-state index contributed by atoms with van der Waals surface area (Å²) in [5, 5.41) is 0.174. The number of rotatable bonds is 8. The molecule has 0 saturated heterocycles. The molecule has 0 aliphatic rings. The van der Waals surface area contributed by atoms with Gasteiger partial charge in [0.05, 0.1) is 17.3 Å². The molecule has 0 aliphatic heterocycles. The Bertz CT molecular complexity index is 1060. The Hall–Kier alpha value is -3.39. The lowest BCUT2D eigenvalue weighted by molar-refractivity contribution is -0.145. The van der Waals surface area contributed by atoms with Gasteiger partial charge < -0.3 is 9.47 Å². The van der Waals surface area contributed by atoms with Crippen LogP contribution in [0.4, 0.5) is 4.39 Å². The molecule has 0 fully saturated rings. The van der Waals surface area contributed by atoms with Crippen molar-refractivity contribution in [2.45, 2.75) is 19.8 Å². The smallest absolute Gasteiger partial charge is 0.313 e. The average Bonchev–Trinajstić information content (AvgIpc) is 2.71. The highest BCUT2D eigenvalue weighted by Crippen LogP contribution is 2.26. The molecule has 0 atom stereocenters. The molecule has 1 aromatic carbocycles. The molecule has 3 aromatic rings. The van der Waals surface area contributed by atoms with Crippen LogP contribution < -0.4 is 4.74 Å². The van der Waals surface area contributed by atoms with Gasteiger partial charge in [-0.3, -0.25) is 9.59 Å². The normalized spacial score (nSPS) is 10.5. The van der Waals surface area contributed by atoms with Crippen LogP contribution in [-0.4, -0.2) is 33.3 Å². The van der Waals surface area contributed by atoms with E-state index in [1.165, 1.54) is 12.4 Å². The fourth-order valence-electron chi connectivity index (χ4n) is 2.53. The quantitative estimate of drug-likeness (QED) is 0.391. The van der Waals surface area contributed by atoms with E-state index in [-0.39, 0.29) is 36.1 Å². The number of Topliss-reactive ketones (excluding diaryl/α,β-unsaturated/α-hetero) is 1. The second-order valence-corrected chi connectivity index (χ2v) is 6.57. The molecule has 0 aliphatic carbocycles. The number of carbonyl (C=O) groups excluding carboxylic acids is 2. The molecule has 0 N–H and O–H groups in total. The van der Waals surface area contributed by atoms with Crippen molar-refractivity contribution in [3.63, 3.8) is 0 Å². The van der Waals surface area contributed by atoms with Gasteiger partial charge in [0.15, 0.2) is 11.6 Å². The van der Waals surface area contributed by atoms with Crippen molar-refractivity contribution in [3.05, 3.63) is 65.3 Å². The van der Waals surface area contributed by atoms with Crippen LogP contribution in [0, 0.1) is 5.82 Å². The lowest BCUT2D eigenvalue weighted by atomic mass is 10.1. The van der Waals surface area contributed by atoms with Crippen molar-refractivity contribution in [1.29, 1.82) is 0 Å². The third-order valence-electron chi connectivity index (χ3n) is 3.84. The van der Waals surface area contributed by atoms with Crippen molar-refractivity contribution in [1.82, 2.24) is 15.0 Å². The number of carbonyl (C=O) groups is 2. The molecular formula is C21H17ClFN3O4. The highest BCUT2D eigenvalue weighted by Gasteiger charge is 2.13. The minimum Gasteiger partial charge on any atom is -0.466 e. The number of hydrogen-bond acceptors (Lipinski definition) is 7. The number of esters is 1. The van der Waals surface area contributed by atoms with Crippen LogP contribution in [0.2, 0.25) is 5.02 Å². The van der Waals surface area contributed by atoms with Crippen molar-refractivity contribution in [3.8, 4) is 23.0 Å². The van der Waals surface area contributed by atoms with Gasteiger partial charge in [0.25, 0.3) is 5.88 Å². The summed E-state index contributed by atoms with van der Waals surface area (Å²) in [7, 11) is 0. The summed E-state index contributed by atoms with van der Waals surface area (Å²) in [6.45, 7) is 1.90. The Balaban J connectivity index is 1.68. The van der Waals surface area contributed by atoms with Crippen LogP contribution in [0.3, 0.4) is 0 Å². The summed E-state index contributed by atoms with van der Waals surface area (Å²) in [6, 6.07) is 9.35. The van der Waals surface area contributed by atoms with E-state index in [0.717, 1.165) is 6.07 Å². The zero-order chi connectivity index (χ0) is 21.5. The first-order valence-electron chi connectivity index (χ1n) is 9.03. The minimum absolute atomic E-state index is 0.00293. The van der Waals surface area contributed by atoms with Crippen LogP contribution in [0.5, 0.6) is 11.6 Å². The maximum atomic E-state index is 13.8. The van der Waals surface area contributed by atoms with E-state index in [9.17, 15) is 14.0 Å². The summed E-state index contributed by atoms with van der Waals surface area (Å²) in [5.41, 5.74) is 1.16. The molecular weight excluding hydrogens is 413 g/mol. The van der Waals surface area contributed by atoms with E-state index in [2.05, 4.69) is 15.0 Å². The first kappa shape index (κ1) is 21.3. The summed E-state index contributed by atoms with van der Waals surface area (Å²) in [4.78, 5) is 35.8. The molecule has 0 saturated carbocycles. The van der Waals surface area contributed by atoms with Gasteiger partial charge in [0, 0.05) is 24.4 Å². The van der Waals surface area contributed by atoms with E-state index < -0.39 is 11.8 Å². The van der Waals surface area contributed by atoms with Gasteiger partial charge in [0.1, 0.15) is 18.0 Å². The topological polar surface area (TPSA) is 91.3 Å². The molecule has 0 radical (unpaired) electrons. The Kier molecular flexibility index (Phi) is 7.03. The standard InChI is InChI=1S/C21H17ClFN3O4/c1-2-29-19(28)11-16(27)10-15-7-8-24-20(26-15)13-3-5-17(6-4-13)30-21-18(23)9-14(22)12-25-21/h3-9,12H,2,10-11H2,1H3. The Morgan fingerprint density at radius 3 is 2.60 bits per heavy atom. The van der Waals surface area contributed by atoms with E-state index in [4.69, 9.17) is 21.1 Å². The number of aromatic nitrogens is 3. The number of pyridine rings is 1. The van der Waals surface area contributed by atoms with Gasteiger partial charge in [-0.2, -0.15) is 0 Å². The number of hydrogen-bond donors (Lipinski definition) is 0. The maximum absolute atomic E-state index is 13.8. The van der Waals surface area contributed by atoms with Crippen LogP contribution in [-0.2, 0) is 20.7 Å². The predicted molar refractivity (Wildman–Crippen MR) is 107 cm³/mol. The SMILES string of the molecule is CCOC(=O)CC(=O)Cc1ccnc(-c2ccc(Oc3ncc(Cl)cc3F)cc2)n1. The third-order valence-corrected chi connectivity index (χ3v) is 4.05. The zero-order valence-electron chi connectivity index (χ0n) is 16.0. The van der Waals surface area contributed by atoms with Gasteiger partial charge in [-0.1, -0.05) is 11.6 Å². The monoisotopic (exact) mass is 429 g/mol. The largest absolute Gasteiger partial charge is 0.466 e. The van der Waals surface area contributed by atoms with E-state index in [1.807, 2.05) is 0 Å². The molecule has 154 valence electrons. The molecule has 0 unspecified atom stereocenters. The summed E-state index contributed by atoms with van der Waals surface area (Å²) >= 11 is 5.68. The molecule has 0 bridgehead atoms. The number of ketones is 1. The molecule has 2 aromatic heterocycles. The molecule has 9 heteroatoms. The Morgan fingerprint density at radius 1 is 1.13 bits per heavy atom. The molecule has 3 rings (SSSR count). The van der Waals surface area contributed by atoms with Crippen molar-refractivity contribution in [2.24, 2.45) is 0 Å². The highest BCUT2D eigenvalue weighted by molar-refractivity contribution is 6.30. The maximum Gasteiger partial charge on any atom is 0.313 e. The van der Waals surface area contributed by atoms with Gasteiger partial charge in [-0.25, -0.2) is 19.3 Å². The van der Waals surface area contributed by atoms with Crippen molar-refractivity contribution < 1.29 is 23.5 Å². The fourth-order valence-corrected chi connectivity index (χ4v) is 2.68. The number of benzene rings is 1. The Morgan fingerprint density at radius 2 is 1.90 bits per heavy atom. The molecule has 7 nitrogen and oxygen atoms in total.